The van der Waals surface area contributed by atoms with Gasteiger partial charge in [0.2, 0.25) is 0 Å². The molecule has 0 spiro atoms. The summed E-state index contributed by atoms with van der Waals surface area (Å²) >= 11 is 0. The fraction of sp³-hybridized carbons (Fsp3) is 0.143. The molecule has 0 radical (unpaired) electrons. The van der Waals surface area contributed by atoms with Crippen molar-refractivity contribution < 1.29 is 32.9 Å². The van der Waals surface area contributed by atoms with Crippen LogP contribution in [0.3, 0.4) is 0 Å². The second-order valence-corrected chi connectivity index (χ2v) is 1.65. The van der Waals surface area contributed by atoms with Crippen molar-refractivity contribution in [1.82, 2.24) is 0 Å². The minimum Gasteiger partial charge on any atom is -0.412 e. The van der Waals surface area contributed by atoms with Crippen molar-refractivity contribution in [2.45, 2.75) is 6.92 Å². The van der Waals surface area contributed by atoms with Crippen LogP contribution in [0.1, 0.15) is 5.56 Å². The van der Waals surface area contributed by atoms with E-state index in [1.165, 1.54) is 5.56 Å². The standard InChI is InChI=1S/C7H8.6H2O/c1-7-5-3-2-4-6-7;;;;;;/h2-6H,1H3;6*1H2. The van der Waals surface area contributed by atoms with Gasteiger partial charge in [0.15, 0.2) is 0 Å². The molecule has 12 N–H and O–H groups in total. The van der Waals surface area contributed by atoms with Gasteiger partial charge >= 0.3 is 0 Å². The van der Waals surface area contributed by atoms with Crippen LogP contribution in [0.5, 0.6) is 0 Å². The smallest absolute Gasteiger partial charge is 0.0398 e. The van der Waals surface area contributed by atoms with E-state index >= 15 is 0 Å². The van der Waals surface area contributed by atoms with Crippen molar-refractivity contribution in [3.05, 3.63) is 35.9 Å². The first-order valence-corrected chi connectivity index (χ1v) is 2.41. The first-order chi connectivity index (χ1) is 3.39. The van der Waals surface area contributed by atoms with Crippen LogP contribution in [0.2, 0.25) is 0 Å². The summed E-state index contributed by atoms with van der Waals surface area (Å²) in [4.78, 5) is 0. The zero-order valence-electron chi connectivity index (χ0n) is 7.39. The molecular formula is C7H20O6. The summed E-state index contributed by atoms with van der Waals surface area (Å²) in [5, 5.41) is 0. The third-order valence-corrected chi connectivity index (χ3v) is 0.940. The molecule has 0 bridgehead atoms. The average molecular weight is 200 g/mol. The number of hydrogen-bond donors (Lipinski definition) is 0. The second kappa shape index (κ2) is 22.4. The molecule has 84 valence electrons. The van der Waals surface area contributed by atoms with E-state index in [0.29, 0.717) is 0 Å². The Hall–Kier alpha value is -1.02. The lowest BCUT2D eigenvalue weighted by atomic mass is 10.2. The minimum absolute atomic E-state index is 0. The molecule has 1 aromatic rings. The van der Waals surface area contributed by atoms with Crippen molar-refractivity contribution in [2.75, 3.05) is 0 Å². The molecule has 0 aliphatic rings. The van der Waals surface area contributed by atoms with E-state index in [1.54, 1.807) is 0 Å². The van der Waals surface area contributed by atoms with Gasteiger partial charge in [0.05, 0.1) is 0 Å². The molecule has 0 saturated heterocycles. The topological polar surface area (TPSA) is 189 Å². The molecule has 0 atom stereocenters. The lowest BCUT2D eigenvalue weighted by Gasteiger charge is -1.82. The predicted molar refractivity (Wildman–Crippen MR) is 52.9 cm³/mol. The van der Waals surface area contributed by atoms with Gasteiger partial charge in [0.25, 0.3) is 0 Å². The maximum absolute atomic E-state index is 2.08. The Morgan fingerprint density at radius 2 is 0.923 bits per heavy atom. The summed E-state index contributed by atoms with van der Waals surface area (Å²) in [5.41, 5.74) is 1.32. The molecule has 0 amide bonds. The third-order valence-electron chi connectivity index (χ3n) is 0.940. The first-order valence-electron chi connectivity index (χ1n) is 2.41. The van der Waals surface area contributed by atoms with E-state index in [4.69, 9.17) is 0 Å². The van der Waals surface area contributed by atoms with E-state index in [-0.39, 0.29) is 32.9 Å². The Morgan fingerprint density at radius 3 is 1.08 bits per heavy atom. The molecule has 13 heavy (non-hydrogen) atoms. The van der Waals surface area contributed by atoms with Gasteiger partial charge in [-0.05, 0) is 6.92 Å². The molecule has 0 aromatic heterocycles. The molecule has 0 fully saturated rings. The minimum atomic E-state index is 0. The molecule has 1 rings (SSSR count). The van der Waals surface area contributed by atoms with Crippen molar-refractivity contribution in [2.24, 2.45) is 0 Å². The van der Waals surface area contributed by atoms with Crippen LogP contribution in [0.15, 0.2) is 30.3 Å². The lowest BCUT2D eigenvalue weighted by molar-refractivity contribution is 0.823. The summed E-state index contributed by atoms with van der Waals surface area (Å²) in [5.74, 6) is 0. The number of hydrogen-bond acceptors (Lipinski definition) is 0. The maximum atomic E-state index is 2.08. The summed E-state index contributed by atoms with van der Waals surface area (Å²) in [6, 6.07) is 10.3. The van der Waals surface area contributed by atoms with Crippen LogP contribution < -0.4 is 0 Å². The molecule has 6 nitrogen and oxygen atoms in total. The molecule has 1 aromatic carbocycles. The van der Waals surface area contributed by atoms with Gasteiger partial charge in [-0.1, -0.05) is 35.9 Å². The zero-order valence-corrected chi connectivity index (χ0v) is 7.39. The largest absolute Gasteiger partial charge is 0.412 e. The first kappa shape index (κ1) is 40.4. The summed E-state index contributed by atoms with van der Waals surface area (Å²) in [6.45, 7) is 2.08. The Labute approximate surface area is 76.7 Å². The molecule has 0 aliphatic carbocycles. The van der Waals surface area contributed by atoms with E-state index in [0.717, 1.165) is 0 Å². The van der Waals surface area contributed by atoms with Crippen LogP contribution in [0.4, 0.5) is 0 Å². The highest BCUT2D eigenvalue weighted by molar-refractivity contribution is 5.11. The van der Waals surface area contributed by atoms with E-state index in [9.17, 15) is 0 Å². The van der Waals surface area contributed by atoms with Crippen LogP contribution >= 0.6 is 0 Å². The van der Waals surface area contributed by atoms with Crippen LogP contribution in [-0.4, -0.2) is 32.9 Å². The Balaban J connectivity index is -0.0000000204. The van der Waals surface area contributed by atoms with E-state index < -0.39 is 0 Å². The molecule has 0 heterocycles. The summed E-state index contributed by atoms with van der Waals surface area (Å²) in [7, 11) is 0. The van der Waals surface area contributed by atoms with E-state index in [2.05, 4.69) is 19.1 Å². The summed E-state index contributed by atoms with van der Waals surface area (Å²) < 4.78 is 0. The predicted octanol–water partition coefficient (Wildman–Crippen LogP) is -2.95. The SMILES string of the molecule is Cc1ccccc1.O.O.O.O.O.O. The second-order valence-electron chi connectivity index (χ2n) is 1.65. The monoisotopic (exact) mass is 200 g/mol. The quantitative estimate of drug-likeness (QED) is 0.414. The number of rotatable bonds is 0. The Kier molecular flexibility index (Phi) is 69.7. The highest BCUT2D eigenvalue weighted by Gasteiger charge is 1.72. The fourth-order valence-corrected chi connectivity index (χ4v) is 0.534. The number of benzene rings is 1. The van der Waals surface area contributed by atoms with Crippen LogP contribution in [0, 0.1) is 6.92 Å². The molecule has 0 unspecified atom stereocenters. The average Bonchev–Trinajstić information content (AvgIpc) is 1.69. The van der Waals surface area contributed by atoms with Crippen molar-refractivity contribution in [1.29, 1.82) is 0 Å². The van der Waals surface area contributed by atoms with Gasteiger partial charge in [0, 0.05) is 0 Å². The fourth-order valence-electron chi connectivity index (χ4n) is 0.534. The third kappa shape index (κ3) is 18.2. The normalized spacial score (nSPS) is 4.69. The molecular weight excluding hydrogens is 180 g/mol. The van der Waals surface area contributed by atoms with Gasteiger partial charge in [-0.2, -0.15) is 0 Å². The van der Waals surface area contributed by atoms with Gasteiger partial charge in [-0.15, -0.1) is 0 Å². The zero-order chi connectivity index (χ0) is 5.11. The molecule has 0 aliphatic heterocycles. The highest BCUT2D eigenvalue weighted by Crippen LogP contribution is 1.92. The Bertz CT molecular complexity index is 143. The number of aryl methyl sites for hydroxylation is 1. The summed E-state index contributed by atoms with van der Waals surface area (Å²) in [6.07, 6.45) is 0. The van der Waals surface area contributed by atoms with Gasteiger partial charge in [0.1, 0.15) is 0 Å². The van der Waals surface area contributed by atoms with Crippen molar-refractivity contribution >= 4 is 0 Å². The Morgan fingerprint density at radius 1 is 0.615 bits per heavy atom. The molecule has 0 saturated carbocycles. The highest BCUT2D eigenvalue weighted by atomic mass is 16.0. The van der Waals surface area contributed by atoms with Crippen LogP contribution in [-0.2, 0) is 0 Å². The van der Waals surface area contributed by atoms with E-state index in [1.807, 2.05) is 18.2 Å². The van der Waals surface area contributed by atoms with Gasteiger partial charge < -0.3 is 32.9 Å². The van der Waals surface area contributed by atoms with Crippen molar-refractivity contribution in [3.63, 3.8) is 0 Å². The van der Waals surface area contributed by atoms with Gasteiger partial charge in [-0.25, -0.2) is 0 Å². The molecule has 6 heteroatoms. The van der Waals surface area contributed by atoms with Crippen molar-refractivity contribution in [3.8, 4) is 0 Å². The van der Waals surface area contributed by atoms with Crippen LogP contribution in [0.25, 0.3) is 0 Å². The van der Waals surface area contributed by atoms with Gasteiger partial charge in [-0.3, -0.25) is 0 Å². The lowest BCUT2D eigenvalue weighted by Crippen LogP contribution is -1.62. The maximum Gasteiger partial charge on any atom is -0.0398 e.